The third-order valence-corrected chi connectivity index (χ3v) is 6.98. The van der Waals surface area contributed by atoms with Crippen molar-refractivity contribution in [1.29, 1.82) is 0 Å². The second-order valence-corrected chi connectivity index (χ2v) is 9.60. The van der Waals surface area contributed by atoms with Gasteiger partial charge in [-0.3, -0.25) is 4.79 Å². The van der Waals surface area contributed by atoms with Gasteiger partial charge in [-0.2, -0.15) is 9.78 Å². The van der Waals surface area contributed by atoms with Crippen LogP contribution in [0.4, 0.5) is 0 Å². The highest BCUT2D eigenvalue weighted by molar-refractivity contribution is 9.10. The summed E-state index contributed by atoms with van der Waals surface area (Å²) in [5.41, 5.74) is 7.39. The molecule has 2 heterocycles. The minimum absolute atomic E-state index is 0.102. The van der Waals surface area contributed by atoms with Crippen LogP contribution in [0.5, 0.6) is 0 Å². The fourth-order valence-corrected chi connectivity index (χ4v) is 4.53. The first-order valence-electron chi connectivity index (χ1n) is 11.2. The smallest absolute Gasteiger partial charge is 0.282 e. The molecule has 170 valence electrons. The number of fused-ring (bicyclic) bond motifs is 1. The van der Waals surface area contributed by atoms with Gasteiger partial charge in [0.15, 0.2) is 0 Å². The van der Waals surface area contributed by atoms with Crippen LogP contribution in [0.25, 0.3) is 16.6 Å². The second-order valence-electron chi connectivity index (χ2n) is 8.68. The molecule has 2 aromatic heterocycles. The summed E-state index contributed by atoms with van der Waals surface area (Å²) in [6.07, 6.45) is 2.65. The van der Waals surface area contributed by atoms with Crippen LogP contribution in [-0.2, 0) is 0 Å². The van der Waals surface area contributed by atoms with Gasteiger partial charge < -0.3 is 4.57 Å². The van der Waals surface area contributed by atoms with Crippen LogP contribution in [0.1, 0.15) is 60.1 Å². The van der Waals surface area contributed by atoms with Crippen LogP contribution in [0, 0.1) is 27.7 Å². The molecule has 2 aromatic carbocycles. The van der Waals surface area contributed by atoms with E-state index in [2.05, 4.69) is 91.4 Å². The number of hydrogen-bond acceptors (Lipinski definition) is 3. The average Bonchev–Trinajstić information content (AvgIpc) is 3.07. The highest BCUT2D eigenvalue weighted by atomic mass is 79.9. The maximum Gasteiger partial charge on any atom is 0.282 e. The maximum absolute atomic E-state index is 13.4. The molecule has 0 aliphatic rings. The Morgan fingerprint density at radius 1 is 1.12 bits per heavy atom. The Hall–Kier alpha value is -2.99. The molecule has 0 radical (unpaired) electrons. The Bertz CT molecular complexity index is 1450. The maximum atomic E-state index is 13.4. The van der Waals surface area contributed by atoms with Gasteiger partial charge in [-0.05, 0) is 75.6 Å². The zero-order valence-electron chi connectivity index (χ0n) is 20.0. The molecule has 0 aliphatic carbocycles. The summed E-state index contributed by atoms with van der Waals surface area (Å²) < 4.78 is 4.56. The van der Waals surface area contributed by atoms with Crippen molar-refractivity contribution in [2.24, 2.45) is 5.10 Å². The van der Waals surface area contributed by atoms with Crippen molar-refractivity contribution in [3.05, 3.63) is 91.2 Å². The van der Waals surface area contributed by atoms with Gasteiger partial charge in [-0.25, -0.2) is 4.98 Å². The number of aromatic nitrogens is 3. The lowest BCUT2D eigenvalue weighted by molar-refractivity contribution is 0.613. The molecule has 4 aromatic rings. The summed E-state index contributed by atoms with van der Waals surface area (Å²) in [4.78, 5) is 18.2. The Morgan fingerprint density at radius 3 is 2.61 bits per heavy atom. The van der Waals surface area contributed by atoms with Crippen LogP contribution in [0.15, 0.2) is 56.8 Å². The van der Waals surface area contributed by atoms with Crippen LogP contribution < -0.4 is 5.56 Å². The molecular formula is C27H29BrN4O. The first-order valence-corrected chi connectivity index (χ1v) is 12.0. The Labute approximate surface area is 202 Å². The number of halogens is 1. The first kappa shape index (κ1) is 23.2. The number of hydrogen-bond donors (Lipinski definition) is 0. The molecule has 0 bridgehead atoms. The number of nitrogens with zero attached hydrogens (tertiary/aromatic N) is 4. The second kappa shape index (κ2) is 9.10. The molecule has 0 saturated heterocycles. The minimum Gasteiger partial charge on any atom is -0.318 e. The van der Waals surface area contributed by atoms with Crippen molar-refractivity contribution in [2.75, 3.05) is 0 Å². The molecule has 4 rings (SSSR count). The van der Waals surface area contributed by atoms with Crippen LogP contribution in [0.3, 0.4) is 0 Å². The van der Waals surface area contributed by atoms with E-state index in [0.717, 1.165) is 27.8 Å². The van der Waals surface area contributed by atoms with E-state index in [-0.39, 0.29) is 11.5 Å². The first-order chi connectivity index (χ1) is 15.7. The fraction of sp³-hybridized carbons (Fsp3) is 0.296. The minimum atomic E-state index is -0.156. The molecule has 0 amide bonds. The number of benzene rings is 2. The molecule has 5 nitrogen and oxygen atoms in total. The molecule has 0 spiro atoms. The molecule has 0 saturated carbocycles. The zero-order valence-corrected chi connectivity index (χ0v) is 21.6. The lowest BCUT2D eigenvalue weighted by Gasteiger charge is -2.15. The molecule has 0 unspecified atom stereocenters. The van der Waals surface area contributed by atoms with Crippen LogP contribution in [0.2, 0.25) is 0 Å². The molecular weight excluding hydrogens is 476 g/mol. The summed E-state index contributed by atoms with van der Waals surface area (Å²) in [6.45, 7) is 12.6. The van der Waals surface area contributed by atoms with Crippen molar-refractivity contribution >= 4 is 33.0 Å². The zero-order chi connectivity index (χ0) is 23.9. The lowest BCUT2D eigenvalue weighted by Crippen LogP contribution is -2.23. The van der Waals surface area contributed by atoms with Crippen LogP contribution >= 0.6 is 15.9 Å². The molecule has 1 atom stereocenters. The van der Waals surface area contributed by atoms with Crippen molar-refractivity contribution in [3.8, 4) is 5.69 Å². The van der Waals surface area contributed by atoms with Gasteiger partial charge >= 0.3 is 0 Å². The van der Waals surface area contributed by atoms with Gasteiger partial charge in [0.1, 0.15) is 5.82 Å². The molecule has 0 N–H and O–H groups in total. The quantitative estimate of drug-likeness (QED) is 0.288. The predicted molar refractivity (Wildman–Crippen MR) is 140 cm³/mol. The normalized spacial score (nSPS) is 12.7. The Balaban J connectivity index is 1.86. The van der Waals surface area contributed by atoms with Crippen molar-refractivity contribution in [1.82, 2.24) is 14.2 Å². The molecule has 0 aliphatic heterocycles. The van der Waals surface area contributed by atoms with Gasteiger partial charge in [-0.15, -0.1) is 0 Å². The standard InChI is InChI=1S/C27H29BrN4O/c1-7-16(2)26-30-24-12-11-22(28)14-23(24)27(33)32(26)29-15-21-13-18(4)31(20(21)6)25-10-8-9-17(3)19(25)5/h8-16H,7H2,1-6H3/t16-/m1/s1. The highest BCUT2D eigenvalue weighted by Crippen LogP contribution is 2.25. The summed E-state index contributed by atoms with van der Waals surface area (Å²) in [5, 5.41) is 5.21. The van der Waals surface area contributed by atoms with Gasteiger partial charge in [0.05, 0.1) is 17.1 Å². The van der Waals surface area contributed by atoms with E-state index in [1.54, 1.807) is 6.21 Å². The third-order valence-electron chi connectivity index (χ3n) is 6.49. The van der Waals surface area contributed by atoms with E-state index in [4.69, 9.17) is 4.98 Å². The SMILES string of the molecule is CC[C@@H](C)c1nc2ccc(Br)cc2c(=O)n1N=Cc1cc(C)n(-c2cccc(C)c2C)c1C. The monoisotopic (exact) mass is 504 g/mol. The third kappa shape index (κ3) is 4.20. The largest absolute Gasteiger partial charge is 0.318 e. The van der Waals surface area contributed by atoms with E-state index in [0.29, 0.717) is 16.7 Å². The average molecular weight is 505 g/mol. The van der Waals surface area contributed by atoms with Crippen molar-refractivity contribution < 1.29 is 0 Å². The van der Waals surface area contributed by atoms with E-state index in [1.807, 2.05) is 18.2 Å². The topological polar surface area (TPSA) is 52.2 Å². The van der Waals surface area contributed by atoms with E-state index < -0.39 is 0 Å². The summed E-state index contributed by atoms with van der Waals surface area (Å²) in [6, 6.07) is 14.1. The Morgan fingerprint density at radius 2 is 1.88 bits per heavy atom. The van der Waals surface area contributed by atoms with Crippen molar-refractivity contribution in [3.63, 3.8) is 0 Å². The molecule has 33 heavy (non-hydrogen) atoms. The van der Waals surface area contributed by atoms with E-state index >= 15 is 0 Å². The van der Waals surface area contributed by atoms with Crippen molar-refractivity contribution in [2.45, 2.75) is 53.9 Å². The van der Waals surface area contributed by atoms with E-state index in [9.17, 15) is 4.79 Å². The van der Waals surface area contributed by atoms with Gasteiger partial charge in [0, 0.05) is 33.0 Å². The van der Waals surface area contributed by atoms with Gasteiger partial charge in [-0.1, -0.05) is 41.9 Å². The number of aryl methyl sites for hydroxylation is 2. The van der Waals surface area contributed by atoms with Gasteiger partial charge in [0.2, 0.25) is 0 Å². The molecule has 6 heteroatoms. The van der Waals surface area contributed by atoms with Gasteiger partial charge in [0.25, 0.3) is 5.56 Å². The fourth-order valence-electron chi connectivity index (χ4n) is 4.17. The van der Waals surface area contributed by atoms with E-state index in [1.165, 1.54) is 21.5 Å². The lowest BCUT2D eigenvalue weighted by atomic mass is 10.1. The highest BCUT2D eigenvalue weighted by Gasteiger charge is 2.16. The molecule has 0 fully saturated rings. The Kier molecular flexibility index (Phi) is 6.39. The predicted octanol–water partition coefficient (Wildman–Crippen LogP) is 6.58. The summed E-state index contributed by atoms with van der Waals surface area (Å²) in [7, 11) is 0. The summed E-state index contributed by atoms with van der Waals surface area (Å²) in [5.74, 6) is 0.780. The van der Waals surface area contributed by atoms with Crippen LogP contribution in [-0.4, -0.2) is 20.4 Å². The summed E-state index contributed by atoms with van der Waals surface area (Å²) >= 11 is 3.46. The number of rotatable bonds is 5.